The van der Waals surface area contributed by atoms with Gasteiger partial charge in [0, 0.05) is 13.0 Å². The van der Waals surface area contributed by atoms with Crippen molar-refractivity contribution in [3.05, 3.63) is 107 Å². The van der Waals surface area contributed by atoms with Crippen molar-refractivity contribution in [1.29, 1.82) is 0 Å². The van der Waals surface area contributed by atoms with Crippen molar-refractivity contribution >= 4 is 11.5 Å². The van der Waals surface area contributed by atoms with Crippen LogP contribution in [0.2, 0.25) is 0 Å². The van der Waals surface area contributed by atoms with Gasteiger partial charge in [-0.2, -0.15) is 0 Å². The largest absolute Gasteiger partial charge is 0.490 e. The Kier molecular flexibility index (Phi) is 7.59. The molecular formula is C29H30O4. The molecule has 1 unspecified atom stereocenters. The number of rotatable bonds is 9. The zero-order valence-electron chi connectivity index (χ0n) is 19.0. The lowest BCUT2D eigenvalue weighted by atomic mass is 9.94. The average molecular weight is 443 g/mol. The highest BCUT2D eigenvalue weighted by Crippen LogP contribution is 2.33. The van der Waals surface area contributed by atoms with Gasteiger partial charge in [-0.25, -0.2) is 4.79 Å². The number of aryl methyl sites for hydroxylation is 2. The third-order valence-corrected chi connectivity index (χ3v) is 5.96. The minimum Gasteiger partial charge on any atom is -0.490 e. The first-order valence-corrected chi connectivity index (χ1v) is 11.6. The van der Waals surface area contributed by atoms with Gasteiger partial charge in [0.05, 0.1) is 0 Å². The molecule has 33 heavy (non-hydrogen) atoms. The molecule has 0 saturated heterocycles. The summed E-state index contributed by atoms with van der Waals surface area (Å²) in [5.74, 6) is -0.175. The summed E-state index contributed by atoms with van der Waals surface area (Å²) in [6.07, 6.45) is 4.54. The predicted octanol–water partition coefficient (Wildman–Crippen LogP) is 5.72. The fraction of sp³-hybridized carbons (Fsp3) is 0.276. The number of benzene rings is 3. The smallest absolute Gasteiger partial charge is 0.333 e. The lowest BCUT2D eigenvalue weighted by Gasteiger charge is -2.14. The molecule has 0 fully saturated rings. The third kappa shape index (κ3) is 5.71. The van der Waals surface area contributed by atoms with E-state index in [0.29, 0.717) is 19.6 Å². The number of ether oxygens (including phenoxy) is 2. The molecule has 4 heteroatoms. The first kappa shape index (κ1) is 22.8. The Bertz CT molecular complexity index is 1060. The van der Waals surface area contributed by atoms with E-state index in [9.17, 15) is 9.90 Å². The van der Waals surface area contributed by atoms with Crippen molar-refractivity contribution in [2.45, 2.75) is 38.7 Å². The molecule has 1 aliphatic carbocycles. The minimum absolute atomic E-state index is 0.341. The summed E-state index contributed by atoms with van der Waals surface area (Å²) in [6, 6.07) is 24.8. The van der Waals surface area contributed by atoms with Gasteiger partial charge in [-0.1, -0.05) is 67.6 Å². The molecule has 1 N–H and O–H groups in total. The fourth-order valence-electron chi connectivity index (χ4n) is 4.27. The fourth-order valence-corrected chi connectivity index (χ4v) is 4.27. The molecule has 3 aromatic carbocycles. The van der Waals surface area contributed by atoms with Crippen molar-refractivity contribution in [3.8, 4) is 5.75 Å². The second-order valence-electron chi connectivity index (χ2n) is 8.29. The molecule has 0 bridgehead atoms. The predicted molar refractivity (Wildman–Crippen MR) is 131 cm³/mol. The summed E-state index contributed by atoms with van der Waals surface area (Å²) in [5, 5.41) is 9.36. The SMILES string of the molecule is CCCOC(Cc1ccc(OCC=C2c3ccccc3CCc3ccccc32)cc1)C(=O)O. The molecule has 1 atom stereocenters. The Balaban J connectivity index is 1.47. The highest BCUT2D eigenvalue weighted by Gasteiger charge is 2.19. The van der Waals surface area contributed by atoms with E-state index in [1.54, 1.807) is 0 Å². The first-order valence-electron chi connectivity index (χ1n) is 11.6. The van der Waals surface area contributed by atoms with Gasteiger partial charge in [0.2, 0.25) is 0 Å². The molecule has 0 aliphatic heterocycles. The van der Waals surface area contributed by atoms with Crippen molar-refractivity contribution in [2.24, 2.45) is 0 Å². The topological polar surface area (TPSA) is 55.8 Å². The van der Waals surface area contributed by atoms with Crippen LogP contribution in [0.15, 0.2) is 78.9 Å². The Morgan fingerprint density at radius 1 is 0.939 bits per heavy atom. The number of fused-ring (bicyclic) bond motifs is 2. The van der Waals surface area contributed by atoms with Crippen LogP contribution in [0.5, 0.6) is 5.75 Å². The van der Waals surface area contributed by atoms with Gasteiger partial charge in [-0.05, 0) is 70.9 Å². The van der Waals surface area contributed by atoms with Crippen LogP contribution in [0.25, 0.3) is 5.57 Å². The van der Waals surface area contributed by atoms with Crippen LogP contribution in [0.3, 0.4) is 0 Å². The van der Waals surface area contributed by atoms with E-state index in [0.717, 1.165) is 30.6 Å². The summed E-state index contributed by atoms with van der Waals surface area (Å²) in [5.41, 5.74) is 7.40. The zero-order valence-corrected chi connectivity index (χ0v) is 19.0. The lowest BCUT2D eigenvalue weighted by Crippen LogP contribution is -2.26. The highest BCUT2D eigenvalue weighted by molar-refractivity contribution is 5.84. The van der Waals surface area contributed by atoms with E-state index < -0.39 is 12.1 Å². The molecule has 4 rings (SSSR count). The van der Waals surface area contributed by atoms with Crippen LogP contribution in [-0.4, -0.2) is 30.4 Å². The van der Waals surface area contributed by atoms with Crippen LogP contribution in [-0.2, 0) is 28.8 Å². The first-order chi connectivity index (χ1) is 16.2. The van der Waals surface area contributed by atoms with Crippen LogP contribution in [0, 0.1) is 0 Å². The summed E-state index contributed by atoms with van der Waals surface area (Å²) >= 11 is 0. The number of carboxylic acid groups (broad SMARTS) is 1. The Morgan fingerprint density at radius 2 is 1.55 bits per heavy atom. The summed E-state index contributed by atoms with van der Waals surface area (Å²) in [6.45, 7) is 2.86. The number of hydrogen-bond donors (Lipinski definition) is 1. The minimum atomic E-state index is -0.931. The quantitative estimate of drug-likeness (QED) is 0.461. The van der Waals surface area contributed by atoms with E-state index in [4.69, 9.17) is 9.47 Å². The molecule has 0 aromatic heterocycles. The monoisotopic (exact) mass is 442 g/mol. The van der Waals surface area contributed by atoms with E-state index in [1.807, 2.05) is 31.2 Å². The number of hydrogen-bond acceptors (Lipinski definition) is 3. The van der Waals surface area contributed by atoms with E-state index >= 15 is 0 Å². The summed E-state index contributed by atoms with van der Waals surface area (Å²) in [4.78, 5) is 11.4. The molecule has 170 valence electrons. The van der Waals surface area contributed by atoms with Crippen molar-refractivity contribution in [1.82, 2.24) is 0 Å². The molecule has 0 heterocycles. The summed E-state index contributed by atoms with van der Waals surface area (Å²) < 4.78 is 11.5. The molecular weight excluding hydrogens is 412 g/mol. The van der Waals surface area contributed by atoms with Crippen LogP contribution < -0.4 is 4.74 Å². The number of carboxylic acids is 1. The van der Waals surface area contributed by atoms with Gasteiger partial charge in [-0.3, -0.25) is 0 Å². The van der Waals surface area contributed by atoms with Crippen LogP contribution >= 0.6 is 0 Å². The third-order valence-electron chi connectivity index (χ3n) is 5.96. The van der Waals surface area contributed by atoms with Gasteiger partial charge >= 0.3 is 5.97 Å². The molecule has 0 radical (unpaired) electrons. The second-order valence-corrected chi connectivity index (χ2v) is 8.29. The molecule has 0 saturated carbocycles. The molecule has 4 nitrogen and oxygen atoms in total. The second kappa shape index (κ2) is 11.0. The zero-order chi connectivity index (χ0) is 23.0. The van der Waals surface area contributed by atoms with Gasteiger partial charge in [-0.15, -0.1) is 0 Å². The Hall–Kier alpha value is -3.37. The van der Waals surface area contributed by atoms with Crippen LogP contribution in [0.1, 0.15) is 41.2 Å². The van der Waals surface area contributed by atoms with Crippen molar-refractivity contribution < 1.29 is 19.4 Å². The highest BCUT2D eigenvalue weighted by atomic mass is 16.5. The van der Waals surface area contributed by atoms with Crippen molar-refractivity contribution in [2.75, 3.05) is 13.2 Å². The van der Waals surface area contributed by atoms with E-state index in [1.165, 1.54) is 27.8 Å². The standard InChI is InChI=1S/C29H30O4/c1-2-18-33-28(29(30)31)20-21-11-15-24(16-12-21)32-19-17-27-25-9-5-3-7-22(25)13-14-23-8-4-6-10-26(23)27/h3-12,15-17,28H,2,13-14,18-20H2,1H3,(H,30,31). The van der Waals surface area contributed by atoms with Crippen LogP contribution in [0.4, 0.5) is 0 Å². The lowest BCUT2D eigenvalue weighted by molar-refractivity contribution is -0.150. The van der Waals surface area contributed by atoms with Gasteiger partial charge in [0.25, 0.3) is 0 Å². The molecule has 0 spiro atoms. The number of carbonyl (C=O) groups is 1. The maximum atomic E-state index is 11.4. The normalized spacial score (nSPS) is 13.4. The summed E-state index contributed by atoms with van der Waals surface area (Å²) in [7, 11) is 0. The van der Waals surface area contributed by atoms with Gasteiger partial charge < -0.3 is 14.6 Å². The molecule has 3 aromatic rings. The van der Waals surface area contributed by atoms with Gasteiger partial charge in [0.1, 0.15) is 12.4 Å². The molecule has 0 amide bonds. The number of aliphatic carboxylic acids is 1. The average Bonchev–Trinajstić information content (AvgIpc) is 3.00. The van der Waals surface area contributed by atoms with Crippen molar-refractivity contribution in [3.63, 3.8) is 0 Å². The van der Waals surface area contributed by atoms with E-state index in [2.05, 4.69) is 54.6 Å². The van der Waals surface area contributed by atoms with E-state index in [-0.39, 0.29) is 0 Å². The maximum absolute atomic E-state index is 11.4. The molecule has 1 aliphatic rings. The Labute approximate surface area is 195 Å². The van der Waals surface area contributed by atoms with Gasteiger partial charge in [0.15, 0.2) is 6.10 Å². The Morgan fingerprint density at radius 3 is 2.12 bits per heavy atom. The maximum Gasteiger partial charge on any atom is 0.333 e.